The lowest BCUT2D eigenvalue weighted by Crippen LogP contribution is -2.50. The van der Waals surface area contributed by atoms with Gasteiger partial charge in [0.1, 0.15) is 11.2 Å². The number of sulfone groups is 1. The number of likely N-dealkylation sites (tertiary alicyclic amines) is 2. The quantitative estimate of drug-likeness (QED) is 0.0751. The number of hydrogen-bond donors (Lipinski definition) is 4. The minimum Gasteiger partial charge on any atom is -0.444 e. The van der Waals surface area contributed by atoms with Crippen LogP contribution in [0.25, 0.3) is 11.3 Å². The van der Waals surface area contributed by atoms with E-state index in [1.54, 1.807) is 44.8 Å². The summed E-state index contributed by atoms with van der Waals surface area (Å²) in [5, 5.41) is 21.9. The molecule has 0 radical (unpaired) electrons. The lowest BCUT2D eigenvalue weighted by atomic mass is 10.0. The number of nitrogens with one attached hydrogen (secondary N) is 4. The monoisotopic (exact) mass is 1110 g/mol. The number of thioether (sulfide) groups is 1. The van der Waals surface area contributed by atoms with Crippen molar-refractivity contribution >= 4 is 68.8 Å². The molecule has 420 valence electrons. The molecule has 22 nitrogen and oxygen atoms in total. The summed E-state index contributed by atoms with van der Waals surface area (Å²) in [4.78, 5) is 72.1. The highest BCUT2D eigenvalue weighted by molar-refractivity contribution is 7.98. The van der Waals surface area contributed by atoms with E-state index in [1.807, 2.05) is 92.1 Å². The lowest BCUT2D eigenvalue weighted by Gasteiger charge is -2.34. The topological polar surface area (TPSA) is 262 Å². The fourth-order valence-electron chi connectivity index (χ4n) is 8.77. The van der Waals surface area contributed by atoms with E-state index in [0.29, 0.717) is 66.5 Å². The van der Waals surface area contributed by atoms with Gasteiger partial charge in [0.2, 0.25) is 21.7 Å². The molecule has 8 rings (SSSR count). The summed E-state index contributed by atoms with van der Waals surface area (Å²) in [6.45, 7) is 22.0. The minimum atomic E-state index is -3.66. The van der Waals surface area contributed by atoms with E-state index in [9.17, 15) is 27.6 Å². The third-order valence-electron chi connectivity index (χ3n) is 12.6. The first kappa shape index (κ1) is 58.6. The molecule has 0 unspecified atom stereocenters. The Hall–Kier alpha value is -7.08. The molecule has 4 aromatic heterocycles. The highest BCUT2D eigenvalue weighted by Gasteiger charge is 2.31. The molecule has 4 amide bonds. The Balaban J connectivity index is 0.000000226. The molecule has 6 aromatic rings. The van der Waals surface area contributed by atoms with Crippen molar-refractivity contribution < 1.29 is 37.1 Å². The van der Waals surface area contributed by atoms with E-state index in [0.717, 1.165) is 59.8 Å². The molecule has 2 aliphatic heterocycles. The van der Waals surface area contributed by atoms with Gasteiger partial charge in [0.15, 0.2) is 16.5 Å². The second kappa shape index (κ2) is 24.7. The molecule has 2 atom stereocenters. The number of piperidine rings is 2. The van der Waals surface area contributed by atoms with Gasteiger partial charge in [-0.05, 0) is 121 Å². The zero-order chi connectivity index (χ0) is 56.7. The minimum absolute atomic E-state index is 0.0863. The molecule has 2 aliphatic rings. The maximum Gasteiger partial charge on any atom is 0.410 e. The molecule has 0 spiro atoms. The van der Waals surface area contributed by atoms with Crippen molar-refractivity contribution in [1.82, 2.24) is 59.6 Å². The van der Waals surface area contributed by atoms with Gasteiger partial charge < -0.3 is 40.5 Å². The van der Waals surface area contributed by atoms with E-state index in [1.165, 1.54) is 16.3 Å². The van der Waals surface area contributed by atoms with Gasteiger partial charge in [-0.25, -0.2) is 23.0 Å². The van der Waals surface area contributed by atoms with Crippen molar-refractivity contribution in [2.75, 3.05) is 49.3 Å². The van der Waals surface area contributed by atoms with E-state index < -0.39 is 21.0 Å². The Morgan fingerprint density at radius 1 is 0.667 bits per heavy atom. The molecular weight excluding hydrogens is 1040 g/mol. The number of carbonyl (C=O) groups is 4. The predicted molar refractivity (Wildman–Crippen MR) is 299 cm³/mol. The Morgan fingerprint density at radius 3 is 1.51 bits per heavy atom. The van der Waals surface area contributed by atoms with Gasteiger partial charge in [0.05, 0.1) is 12.4 Å². The summed E-state index contributed by atoms with van der Waals surface area (Å²) in [6, 6.07) is 14.3. The number of carbonyl (C=O) groups excluding carboxylic acids is 4. The molecule has 2 saturated heterocycles. The average Bonchev–Trinajstić information content (AvgIpc) is 4.04. The van der Waals surface area contributed by atoms with Crippen LogP contribution in [0.2, 0.25) is 0 Å². The number of ether oxygens (including phenoxy) is 2. The van der Waals surface area contributed by atoms with Gasteiger partial charge >= 0.3 is 12.2 Å². The third-order valence-corrected chi connectivity index (χ3v) is 14.0. The number of benzene rings is 2. The molecule has 0 saturated carbocycles. The standard InChI is InChI=1S/C27H37N7O5S.C27H37N7O3S/c1-17(2)21-15-29-34-22(21)31-25(40(6,37)38)32-24(34)28-14-18-9-7-10-19(13-18)23(35)30-20-11-8-12-33(16-20)26(36)39-27(3,4)5;1-17(2)21-15-29-34-22(21)31-25(38-6)32-24(34)28-14-18-9-7-10-19(13-18)23(35)30-20-11-8-12-33(16-20)26(36)37-27(3,4)5/h7,9-10,13,15,17,20H,8,11-12,14,16H2,1-6H3,(H,30,35)(H,28,31,32);7,9-10,13,15,17,20H,8,11-12,14,16H2,1-6H3,(H,30,35)(H,28,31,32)/t2*20-/m00/s1. The van der Waals surface area contributed by atoms with Gasteiger partial charge in [-0.3, -0.25) is 9.59 Å². The van der Waals surface area contributed by atoms with Gasteiger partial charge in [0.25, 0.3) is 17.0 Å². The summed E-state index contributed by atoms with van der Waals surface area (Å²) in [7, 11) is -3.66. The summed E-state index contributed by atoms with van der Waals surface area (Å²) in [6.07, 6.45) is 8.94. The molecule has 4 N–H and O–H groups in total. The Bertz CT molecular complexity index is 3240. The van der Waals surface area contributed by atoms with Crippen molar-refractivity contribution in [2.24, 2.45) is 0 Å². The molecule has 78 heavy (non-hydrogen) atoms. The fraction of sp³-hybridized carbons (Fsp3) is 0.519. The van der Waals surface area contributed by atoms with Crippen molar-refractivity contribution in [3.05, 3.63) is 94.3 Å². The number of rotatable bonds is 14. The summed E-state index contributed by atoms with van der Waals surface area (Å²) in [5.41, 5.74) is 4.72. The summed E-state index contributed by atoms with van der Waals surface area (Å²) < 4.78 is 38.7. The number of anilines is 2. The number of nitrogens with zero attached hydrogens (tertiary/aromatic N) is 10. The Labute approximate surface area is 460 Å². The molecule has 2 aromatic carbocycles. The SMILES string of the molecule is CC(C)c1cnn2c(NCc3cccc(C(=O)N[C@H]4CCCN(C(=O)OC(C)(C)C)C4)c3)nc(S(C)(=O)=O)nc12.CSc1nc(NCc2cccc(C(=O)N[C@H]3CCCN(C(=O)OC(C)(C)C)C3)c2)n2ncc(C(C)C)c2n1. The smallest absolute Gasteiger partial charge is 0.410 e. The van der Waals surface area contributed by atoms with Crippen LogP contribution in [0.1, 0.15) is 150 Å². The number of fused-ring (bicyclic) bond motifs is 2. The van der Waals surface area contributed by atoms with Crippen molar-refractivity contribution in [3.63, 3.8) is 0 Å². The number of hydrogen-bond acceptors (Lipinski definition) is 17. The Kier molecular flexibility index (Phi) is 18.6. The van der Waals surface area contributed by atoms with Crippen LogP contribution in [0.4, 0.5) is 21.5 Å². The first-order chi connectivity index (χ1) is 36.7. The van der Waals surface area contributed by atoms with E-state index in [2.05, 4.69) is 65.2 Å². The van der Waals surface area contributed by atoms with Crippen LogP contribution in [0.5, 0.6) is 0 Å². The van der Waals surface area contributed by atoms with Gasteiger partial charge in [-0.1, -0.05) is 63.7 Å². The zero-order valence-electron chi connectivity index (χ0n) is 46.7. The van der Waals surface area contributed by atoms with Crippen molar-refractivity contribution in [1.29, 1.82) is 0 Å². The van der Waals surface area contributed by atoms with Crippen LogP contribution in [-0.4, -0.2) is 143 Å². The number of aromatic nitrogens is 8. The summed E-state index contributed by atoms with van der Waals surface area (Å²) in [5.74, 6) is 0.812. The first-order valence-corrected chi connectivity index (χ1v) is 29.4. The van der Waals surface area contributed by atoms with Crippen LogP contribution in [0, 0.1) is 0 Å². The van der Waals surface area contributed by atoms with Crippen LogP contribution < -0.4 is 21.3 Å². The predicted octanol–water partition coefficient (Wildman–Crippen LogP) is 8.10. The van der Waals surface area contributed by atoms with Crippen LogP contribution in [-0.2, 0) is 32.4 Å². The largest absolute Gasteiger partial charge is 0.444 e. The van der Waals surface area contributed by atoms with Crippen LogP contribution in [0.3, 0.4) is 0 Å². The van der Waals surface area contributed by atoms with Gasteiger partial charge in [-0.2, -0.15) is 34.2 Å². The number of amides is 4. The molecular formula is C54H74N14O8S2. The molecule has 2 fully saturated rings. The van der Waals surface area contributed by atoms with E-state index in [4.69, 9.17) is 9.47 Å². The maximum atomic E-state index is 13.1. The molecule has 6 heterocycles. The summed E-state index contributed by atoms with van der Waals surface area (Å²) >= 11 is 1.48. The zero-order valence-corrected chi connectivity index (χ0v) is 48.3. The maximum absolute atomic E-state index is 13.1. The second-order valence-corrected chi connectivity index (χ2v) is 24.9. The molecule has 0 aliphatic carbocycles. The van der Waals surface area contributed by atoms with Gasteiger partial charge in [0, 0.05) is 79.9 Å². The van der Waals surface area contributed by atoms with E-state index in [-0.39, 0.29) is 59.7 Å². The molecule has 24 heteroatoms. The van der Waals surface area contributed by atoms with Crippen LogP contribution >= 0.6 is 11.8 Å². The normalized spacial score (nSPS) is 16.2. The lowest BCUT2D eigenvalue weighted by molar-refractivity contribution is 0.0178. The van der Waals surface area contributed by atoms with E-state index >= 15 is 0 Å². The molecule has 0 bridgehead atoms. The first-order valence-electron chi connectivity index (χ1n) is 26.2. The Morgan fingerprint density at radius 2 is 1.10 bits per heavy atom. The fourth-order valence-corrected chi connectivity index (χ4v) is 9.63. The van der Waals surface area contributed by atoms with Gasteiger partial charge in [-0.15, -0.1) is 0 Å². The average molecular weight is 1110 g/mol. The van der Waals surface area contributed by atoms with Crippen molar-refractivity contribution in [2.45, 2.75) is 153 Å². The highest BCUT2D eigenvalue weighted by Crippen LogP contribution is 2.26. The second-order valence-electron chi connectivity index (χ2n) is 22.2. The van der Waals surface area contributed by atoms with Crippen LogP contribution in [0.15, 0.2) is 71.2 Å². The third kappa shape index (κ3) is 15.6. The van der Waals surface area contributed by atoms with Crippen molar-refractivity contribution in [3.8, 4) is 0 Å². The highest BCUT2D eigenvalue weighted by atomic mass is 32.2.